The normalized spacial score (nSPS) is 12.5. The Labute approximate surface area is 174 Å². The fourth-order valence-corrected chi connectivity index (χ4v) is 4.37. The summed E-state index contributed by atoms with van der Waals surface area (Å²) in [5.41, 5.74) is -0.150. The van der Waals surface area contributed by atoms with Gasteiger partial charge in [-0.05, 0) is 24.6 Å². The highest BCUT2D eigenvalue weighted by molar-refractivity contribution is 7.89. The maximum atomic E-state index is 12.5. The Hall–Kier alpha value is -3.05. The molecule has 0 spiro atoms. The summed E-state index contributed by atoms with van der Waals surface area (Å²) >= 11 is 0. The first-order chi connectivity index (χ1) is 14.1. The molecule has 1 N–H and O–H groups in total. The van der Waals surface area contributed by atoms with E-state index in [2.05, 4.69) is 5.32 Å². The van der Waals surface area contributed by atoms with Crippen molar-refractivity contribution in [1.82, 2.24) is 14.2 Å². The standard InChI is InChI=1S/C19H24N4O6S/c1-4-22(5-2)30(28,29)17-9-6-15(7-10-17)14(3)20-18(24)13-21-12-16(23(26)27)8-11-19(21)25/h6-12,14H,4-5,13H2,1-3H3,(H,20,24). The van der Waals surface area contributed by atoms with Crippen molar-refractivity contribution in [2.45, 2.75) is 38.3 Å². The molecular weight excluding hydrogens is 412 g/mol. The van der Waals surface area contributed by atoms with Crippen molar-refractivity contribution in [2.24, 2.45) is 0 Å². The SMILES string of the molecule is CCN(CC)S(=O)(=O)c1ccc(C(C)NC(=O)Cn2cc([N+](=O)[O-])ccc2=O)cc1. The first-order valence-corrected chi connectivity index (χ1v) is 10.8. The van der Waals surface area contributed by atoms with Gasteiger partial charge in [0.15, 0.2) is 0 Å². The number of amides is 1. The van der Waals surface area contributed by atoms with Crippen LogP contribution in [0.2, 0.25) is 0 Å². The number of rotatable bonds is 9. The zero-order valence-corrected chi connectivity index (χ0v) is 17.8. The van der Waals surface area contributed by atoms with Gasteiger partial charge in [0.05, 0.1) is 22.1 Å². The molecule has 1 aromatic heterocycles. The average molecular weight is 436 g/mol. The Morgan fingerprint density at radius 1 is 1.17 bits per heavy atom. The van der Waals surface area contributed by atoms with Crippen LogP contribution < -0.4 is 10.9 Å². The van der Waals surface area contributed by atoms with Gasteiger partial charge in [-0.15, -0.1) is 0 Å². The van der Waals surface area contributed by atoms with Gasteiger partial charge >= 0.3 is 0 Å². The molecule has 0 fully saturated rings. The van der Waals surface area contributed by atoms with E-state index < -0.39 is 32.5 Å². The van der Waals surface area contributed by atoms with E-state index in [1.54, 1.807) is 32.9 Å². The third kappa shape index (κ3) is 5.30. The number of sulfonamides is 1. The fraction of sp³-hybridized carbons (Fsp3) is 0.368. The molecule has 1 heterocycles. The van der Waals surface area contributed by atoms with Crippen molar-refractivity contribution in [1.29, 1.82) is 0 Å². The van der Waals surface area contributed by atoms with Crippen LogP contribution in [0.3, 0.4) is 0 Å². The van der Waals surface area contributed by atoms with Crippen molar-refractivity contribution < 1.29 is 18.1 Å². The molecule has 2 rings (SSSR count). The fourth-order valence-electron chi connectivity index (χ4n) is 2.92. The van der Waals surface area contributed by atoms with Crippen molar-refractivity contribution >= 4 is 21.6 Å². The van der Waals surface area contributed by atoms with Crippen molar-refractivity contribution in [2.75, 3.05) is 13.1 Å². The van der Waals surface area contributed by atoms with Gasteiger partial charge in [0, 0.05) is 25.2 Å². The van der Waals surface area contributed by atoms with Gasteiger partial charge in [-0.1, -0.05) is 26.0 Å². The molecule has 1 unspecified atom stereocenters. The highest BCUT2D eigenvalue weighted by Gasteiger charge is 2.22. The Bertz CT molecular complexity index is 1070. The second-order valence-corrected chi connectivity index (χ2v) is 8.50. The van der Waals surface area contributed by atoms with Crippen LogP contribution in [-0.2, 0) is 21.4 Å². The molecule has 0 saturated carbocycles. The molecule has 1 aromatic carbocycles. The van der Waals surface area contributed by atoms with Crippen molar-refractivity contribution in [3.63, 3.8) is 0 Å². The van der Waals surface area contributed by atoms with E-state index in [-0.39, 0.29) is 17.1 Å². The molecule has 1 atom stereocenters. The number of aromatic nitrogens is 1. The van der Waals surface area contributed by atoms with E-state index in [1.165, 1.54) is 16.4 Å². The molecule has 30 heavy (non-hydrogen) atoms. The van der Waals surface area contributed by atoms with E-state index >= 15 is 0 Å². The van der Waals surface area contributed by atoms with Crippen molar-refractivity contribution in [3.8, 4) is 0 Å². The van der Waals surface area contributed by atoms with Crippen LogP contribution in [0, 0.1) is 10.1 Å². The number of hydrogen-bond acceptors (Lipinski definition) is 6. The lowest BCUT2D eigenvalue weighted by molar-refractivity contribution is -0.385. The average Bonchev–Trinajstić information content (AvgIpc) is 2.70. The molecule has 2 aromatic rings. The van der Waals surface area contributed by atoms with Gasteiger partial charge in [0.2, 0.25) is 15.9 Å². The lowest BCUT2D eigenvalue weighted by atomic mass is 10.1. The number of carbonyl (C=O) groups is 1. The maximum absolute atomic E-state index is 12.5. The molecule has 11 heteroatoms. The summed E-state index contributed by atoms with van der Waals surface area (Å²) in [6, 6.07) is 7.84. The second kappa shape index (κ2) is 9.63. The molecule has 0 aliphatic rings. The van der Waals surface area contributed by atoms with Crippen LogP contribution in [0.5, 0.6) is 0 Å². The van der Waals surface area contributed by atoms with Crippen LogP contribution in [-0.4, -0.2) is 41.2 Å². The smallest absolute Gasteiger partial charge is 0.285 e. The summed E-state index contributed by atoms with van der Waals surface area (Å²) in [7, 11) is -3.57. The molecule has 0 bridgehead atoms. The minimum atomic E-state index is -3.57. The Kier molecular flexibility index (Phi) is 7.46. The largest absolute Gasteiger partial charge is 0.348 e. The van der Waals surface area contributed by atoms with Gasteiger partial charge in [-0.25, -0.2) is 8.42 Å². The zero-order valence-electron chi connectivity index (χ0n) is 16.9. The summed E-state index contributed by atoms with van der Waals surface area (Å²) < 4.78 is 27.4. The molecule has 1 amide bonds. The second-order valence-electron chi connectivity index (χ2n) is 6.56. The minimum absolute atomic E-state index is 0.164. The Balaban J connectivity index is 2.10. The number of nitrogens with one attached hydrogen (secondary N) is 1. The van der Waals surface area contributed by atoms with Crippen LogP contribution in [0.1, 0.15) is 32.4 Å². The van der Waals surface area contributed by atoms with Crippen LogP contribution in [0.25, 0.3) is 0 Å². The van der Waals surface area contributed by atoms with Crippen LogP contribution in [0.4, 0.5) is 5.69 Å². The summed E-state index contributed by atoms with van der Waals surface area (Å²) in [4.78, 5) is 34.5. The Morgan fingerprint density at radius 2 is 1.77 bits per heavy atom. The van der Waals surface area contributed by atoms with E-state index in [1.807, 2.05) is 0 Å². The molecular formula is C19H24N4O6S. The van der Waals surface area contributed by atoms with Crippen LogP contribution >= 0.6 is 0 Å². The third-order valence-electron chi connectivity index (χ3n) is 4.59. The molecule has 0 aliphatic heterocycles. The van der Waals surface area contributed by atoms with Gasteiger partial charge in [0.1, 0.15) is 6.54 Å². The van der Waals surface area contributed by atoms with E-state index in [9.17, 15) is 28.1 Å². The topological polar surface area (TPSA) is 132 Å². The van der Waals surface area contributed by atoms with Gasteiger partial charge in [-0.2, -0.15) is 4.31 Å². The van der Waals surface area contributed by atoms with Crippen LogP contribution in [0.15, 0.2) is 52.3 Å². The summed E-state index contributed by atoms with van der Waals surface area (Å²) in [6.07, 6.45) is 1.01. The summed E-state index contributed by atoms with van der Waals surface area (Å²) in [5, 5.41) is 13.5. The number of carbonyl (C=O) groups excluding carboxylic acids is 1. The minimum Gasteiger partial charge on any atom is -0.348 e. The first kappa shape index (κ1) is 23.2. The number of nitro groups is 1. The highest BCUT2D eigenvalue weighted by atomic mass is 32.2. The van der Waals surface area contributed by atoms with Gasteiger partial charge in [0.25, 0.3) is 11.2 Å². The molecule has 162 valence electrons. The maximum Gasteiger partial charge on any atom is 0.285 e. The highest BCUT2D eigenvalue weighted by Crippen LogP contribution is 2.19. The van der Waals surface area contributed by atoms with Gasteiger partial charge < -0.3 is 5.32 Å². The monoisotopic (exact) mass is 436 g/mol. The summed E-state index contributed by atoms with van der Waals surface area (Å²) in [5.74, 6) is -0.509. The predicted molar refractivity (Wildman–Crippen MR) is 110 cm³/mol. The number of pyridine rings is 1. The number of hydrogen-bond donors (Lipinski definition) is 1. The van der Waals surface area contributed by atoms with Crippen molar-refractivity contribution in [3.05, 3.63) is 68.6 Å². The first-order valence-electron chi connectivity index (χ1n) is 9.34. The third-order valence-corrected chi connectivity index (χ3v) is 6.66. The van der Waals surface area contributed by atoms with Gasteiger partial charge in [-0.3, -0.25) is 24.3 Å². The molecule has 0 aliphatic carbocycles. The zero-order chi connectivity index (χ0) is 22.5. The Morgan fingerprint density at radius 3 is 2.30 bits per heavy atom. The van der Waals surface area contributed by atoms with E-state index in [0.29, 0.717) is 18.7 Å². The molecule has 0 radical (unpaired) electrons. The molecule has 10 nitrogen and oxygen atoms in total. The van der Waals surface area contributed by atoms with E-state index in [4.69, 9.17) is 0 Å². The number of benzene rings is 1. The predicted octanol–water partition coefficient (Wildman–Crippen LogP) is 1.66. The lowest BCUT2D eigenvalue weighted by Crippen LogP contribution is -2.33. The molecule has 0 saturated heterocycles. The number of nitrogens with zero attached hydrogens (tertiary/aromatic N) is 3. The van der Waals surface area contributed by atoms with E-state index in [0.717, 1.165) is 22.9 Å². The quantitative estimate of drug-likeness (QED) is 0.470. The lowest BCUT2D eigenvalue weighted by Gasteiger charge is -2.19. The summed E-state index contributed by atoms with van der Waals surface area (Å²) in [6.45, 7) is 5.59.